The molecule has 2 aromatic carbocycles. The lowest BCUT2D eigenvalue weighted by Gasteiger charge is -2.07. The van der Waals surface area contributed by atoms with Crippen LogP contribution in [-0.4, -0.2) is 6.54 Å². The maximum atomic E-state index is 3.35. The average molecular weight is 285 g/mol. The normalized spacial score (nSPS) is 10.8. The predicted molar refractivity (Wildman–Crippen MR) is 89.3 cm³/mol. The van der Waals surface area contributed by atoms with Crippen molar-refractivity contribution in [3.05, 3.63) is 64.7 Å². The largest absolute Gasteiger partial charge is 0.313 e. The van der Waals surface area contributed by atoms with Crippen LogP contribution in [0.1, 0.15) is 29.2 Å². The maximum absolute atomic E-state index is 3.35. The molecule has 0 aliphatic heterocycles. The molecule has 0 heterocycles. The first-order chi connectivity index (χ1) is 9.69. The van der Waals surface area contributed by atoms with E-state index in [9.17, 15) is 0 Å². The number of benzene rings is 2. The zero-order chi connectivity index (χ0) is 14.4. The van der Waals surface area contributed by atoms with E-state index >= 15 is 0 Å². The zero-order valence-electron chi connectivity index (χ0n) is 12.6. The highest BCUT2D eigenvalue weighted by Crippen LogP contribution is 2.24. The highest BCUT2D eigenvalue weighted by atomic mass is 32.2. The molecule has 20 heavy (non-hydrogen) atoms. The first-order valence-electron chi connectivity index (χ1n) is 7.17. The molecular weight excluding hydrogens is 262 g/mol. The van der Waals surface area contributed by atoms with E-state index in [0.29, 0.717) is 0 Å². The second kappa shape index (κ2) is 7.51. The van der Waals surface area contributed by atoms with Crippen LogP contribution in [0.4, 0.5) is 0 Å². The third kappa shape index (κ3) is 4.39. The Morgan fingerprint density at radius 3 is 2.25 bits per heavy atom. The summed E-state index contributed by atoms with van der Waals surface area (Å²) in [7, 11) is 0. The van der Waals surface area contributed by atoms with Crippen LogP contribution in [0.15, 0.2) is 47.4 Å². The molecule has 0 aromatic heterocycles. The zero-order valence-corrected chi connectivity index (χ0v) is 13.4. The van der Waals surface area contributed by atoms with Gasteiger partial charge in [0.2, 0.25) is 0 Å². The molecule has 0 aliphatic rings. The topological polar surface area (TPSA) is 12.0 Å². The minimum Gasteiger partial charge on any atom is -0.313 e. The van der Waals surface area contributed by atoms with Gasteiger partial charge in [0.25, 0.3) is 0 Å². The van der Waals surface area contributed by atoms with Gasteiger partial charge >= 0.3 is 0 Å². The van der Waals surface area contributed by atoms with Crippen LogP contribution in [-0.2, 0) is 12.3 Å². The van der Waals surface area contributed by atoms with Crippen LogP contribution >= 0.6 is 11.8 Å². The number of thioether (sulfide) groups is 1. The maximum Gasteiger partial charge on any atom is 0.0232 e. The van der Waals surface area contributed by atoms with Crippen LogP contribution in [0, 0.1) is 13.8 Å². The number of hydrogen-bond donors (Lipinski definition) is 1. The van der Waals surface area contributed by atoms with E-state index < -0.39 is 0 Å². The van der Waals surface area contributed by atoms with E-state index in [1.807, 2.05) is 11.8 Å². The Morgan fingerprint density at radius 2 is 1.60 bits per heavy atom. The van der Waals surface area contributed by atoms with Crippen LogP contribution in [0.2, 0.25) is 0 Å². The predicted octanol–water partition coefficient (Wildman–Crippen LogP) is 4.71. The quantitative estimate of drug-likeness (QED) is 0.772. The van der Waals surface area contributed by atoms with Crippen LogP contribution in [0.25, 0.3) is 0 Å². The van der Waals surface area contributed by atoms with Gasteiger partial charge in [-0.2, -0.15) is 0 Å². The Hall–Kier alpha value is -1.25. The SMILES string of the molecule is CCNCc1ccc(SCc2ccc(C)c(C)c2)cc1. The molecule has 1 N–H and O–H groups in total. The molecule has 2 aromatic rings. The molecule has 0 saturated heterocycles. The highest BCUT2D eigenvalue weighted by Gasteiger charge is 1.99. The average Bonchev–Trinajstić information content (AvgIpc) is 2.47. The standard InChI is InChI=1S/C18H23NS/c1-4-19-12-16-7-9-18(10-8-16)20-13-17-6-5-14(2)15(3)11-17/h5-11,19H,4,12-13H2,1-3H3. The smallest absolute Gasteiger partial charge is 0.0232 e. The number of aryl methyl sites for hydroxylation is 2. The Balaban J connectivity index is 1.91. The summed E-state index contributed by atoms with van der Waals surface area (Å²) in [6.45, 7) is 8.45. The van der Waals surface area contributed by atoms with Crippen molar-refractivity contribution in [2.75, 3.05) is 6.54 Å². The molecular formula is C18H23NS. The lowest BCUT2D eigenvalue weighted by Crippen LogP contribution is -2.11. The second-order valence-corrected chi connectivity index (χ2v) is 6.18. The van der Waals surface area contributed by atoms with E-state index in [-0.39, 0.29) is 0 Å². The molecule has 0 unspecified atom stereocenters. The summed E-state index contributed by atoms with van der Waals surface area (Å²) < 4.78 is 0. The first-order valence-corrected chi connectivity index (χ1v) is 8.16. The lowest BCUT2D eigenvalue weighted by molar-refractivity contribution is 0.726. The van der Waals surface area contributed by atoms with Gasteiger partial charge in [-0.3, -0.25) is 0 Å². The van der Waals surface area contributed by atoms with Crippen LogP contribution < -0.4 is 5.32 Å². The minimum atomic E-state index is 0.957. The van der Waals surface area contributed by atoms with E-state index in [1.165, 1.54) is 27.1 Å². The second-order valence-electron chi connectivity index (χ2n) is 5.13. The van der Waals surface area contributed by atoms with Crippen molar-refractivity contribution in [3.63, 3.8) is 0 Å². The fourth-order valence-electron chi connectivity index (χ4n) is 2.03. The van der Waals surface area contributed by atoms with Gasteiger partial charge < -0.3 is 5.32 Å². The van der Waals surface area contributed by atoms with Gasteiger partial charge in [0.05, 0.1) is 0 Å². The molecule has 2 heteroatoms. The third-order valence-corrected chi connectivity index (χ3v) is 4.56. The molecule has 2 rings (SSSR count). The van der Waals surface area contributed by atoms with Crippen molar-refractivity contribution in [1.82, 2.24) is 5.32 Å². The third-order valence-electron chi connectivity index (χ3n) is 3.48. The molecule has 0 aliphatic carbocycles. The van der Waals surface area contributed by atoms with Crippen LogP contribution in [0.3, 0.4) is 0 Å². The monoisotopic (exact) mass is 285 g/mol. The van der Waals surface area contributed by atoms with E-state index in [1.54, 1.807) is 0 Å². The van der Waals surface area contributed by atoms with Gasteiger partial charge in [-0.25, -0.2) is 0 Å². The summed E-state index contributed by atoms with van der Waals surface area (Å²) in [5.74, 6) is 1.04. The first kappa shape index (κ1) is 15.1. The fourth-order valence-corrected chi connectivity index (χ4v) is 2.87. The van der Waals surface area contributed by atoms with Gasteiger partial charge in [0.15, 0.2) is 0 Å². The van der Waals surface area contributed by atoms with Crippen LogP contribution in [0.5, 0.6) is 0 Å². The Morgan fingerprint density at radius 1 is 0.900 bits per heavy atom. The summed E-state index contributed by atoms with van der Waals surface area (Å²) in [5, 5.41) is 3.35. The highest BCUT2D eigenvalue weighted by molar-refractivity contribution is 7.98. The summed E-state index contributed by atoms with van der Waals surface area (Å²) in [4.78, 5) is 1.34. The van der Waals surface area contributed by atoms with Gasteiger partial charge in [-0.1, -0.05) is 37.3 Å². The molecule has 0 amide bonds. The lowest BCUT2D eigenvalue weighted by atomic mass is 10.1. The molecule has 0 spiro atoms. The number of hydrogen-bond acceptors (Lipinski definition) is 2. The van der Waals surface area contributed by atoms with E-state index in [2.05, 4.69) is 68.6 Å². The van der Waals surface area contributed by atoms with Crippen molar-refractivity contribution < 1.29 is 0 Å². The van der Waals surface area contributed by atoms with Gasteiger partial charge in [0, 0.05) is 17.2 Å². The summed E-state index contributed by atoms with van der Waals surface area (Å²) in [5.41, 5.74) is 5.49. The molecule has 0 bridgehead atoms. The minimum absolute atomic E-state index is 0.957. The summed E-state index contributed by atoms with van der Waals surface area (Å²) in [6, 6.07) is 15.6. The van der Waals surface area contributed by atoms with Crippen molar-refractivity contribution >= 4 is 11.8 Å². The molecule has 0 atom stereocenters. The van der Waals surface area contributed by atoms with Crippen molar-refractivity contribution in [2.45, 2.75) is 38.0 Å². The van der Waals surface area contributed by atoms with E-state index in [4.69, 9.17) is 0 Å². The van der Waals surface area contributed by atoms with Crippen molar-refractivity contribution in [2.24, 2.45) is 0 Å². The van der Waals surface area contributed by atoms with Gasteiger partial charge in [0.1, 0.15) is 0 Å². The molecule has 0 saturated carbocycles. The van der Waals surface area contributed by atoms with Gasteiger partial charge in [-0.15, -0.1) is 11.8 Å². The van der Waals surface area contributed by atoms with E-state index in [0.717, 1.165) is 18.8 Å². The summed E-state index contributed by atoms with van der Waals surface area (Å²) >= 11 is 1.90. The Bertz CT molecular complexity index is 546. The number of nitrogens with one attached hydrogen (secondary N) is 1. The Kier molecular flexibility index (Phi) is 5.69. The fraction of sp³-hybridized carbons (Fsp3) is 0.333. The molecule has 0 radical (unpaired) electrons. The molecule has 0 fully saturated rings. The molecule has 1 nitrogen and oxygen atoms in total. The summed E-state index contributed by atoms with van der Waals surface area (Å²) in [6.07, 6.45) is 0. The van der Waals surface area contributed by atoms with Crippen molar-refractivity contribution in [3.8, 4) is 0 Å². The Labute approximate surface area is 126 Å². The van der Waals surface area contributed by atoms with Gasteiger partial charge in [-0.05, 0) is 54.8 Å². The molecule has 106 valence electrons. The van der Waals surface area contributed by atoms with Crippen molar-refractivity contribution in [1.29, 1.82) is 0 Å². The number of rotatable bonds is 6.